The van der Waals surface area contributed by atoms with Crippen LogP contribution < -0.4 is 0 Å². The molecule has 0 aliphatic carbocycles. The molecule has 0 fully saturated rings. The molecule has 0 N–H and O–H groups in total. The van der Waals surface area contributed by atoms with E-state index < -0.39 is 17.9 Å². The van der Waals surface area contributed by atoms with Crippen molar-refractivity contribution in [2.45, 2.75) is 13.8 Å². The summed E-state index contributed by atoms with van der Waals surface area (Å²) < 4.78 is 31.3. The molecule has 5 heteroatoms. The molecule has 3 nitrogen and oxygen atoms in total. The largest absolute Gasteiger partial charge is 0.415 e. The van der Waals surface area contributed by atoms with Crippen molar-refractivity contribution >= 4 is 22.6 Å². The van der Waals surface area contributed by atoms with E-state index in [-0.39, 0.29) is 5.56 Å². The van der Waals surface area contributed by atoms with E-state index in [1.807, 2.05) is 24.3 Å². The summed E-state index contributed by atoms with van der Waals surface area (Å²) in [5.41, 5.74) is 0.180. The molecule has 22 heavy (non-hydrogen) atoms. The second kappa shape index (κ2) is 7.02. The number of benzene rings is 2. The summed E-state index contributed by atoms with van der Waals surface area (Å²) in [5.74, 6) is -0.692. The predicted octanol–water partition coefficient (Wildman–Crippen LogP) is 4.88. The quantitative estimate of drug-likeness (QED) is 0.753. The highest BCUT2D eigenvalue weighted by atomic mass is 19.3. The first-order valence-corrected chi connectivity index (χ1v) is 7.08. The third-order valence-electron chi connectivity index (χ3n) is 3.39. The Hall–Kier alpha value is -2.43. The first-order chi connectivity index (χ1) is 10.6. The zero-order valence-electron chi connectivity index (χ0n) is 12.5. The minimum Gasteiger partial charge on any atom is -0.404 e. The number of rotatable bonds is 4. The Bertz CT molecular complexity index is 705. The number of carbonyl (C=O) groups is 1. The van der Waals surface area contributed by atoms with Gasteiger partial charge in [-0.3, -0.25) is 0 Å². The zero-order valence-corrected chi connectivity index (χ0v) is 12.5. The summed E-state index contributed by atoms with van der Waals surface area (Å²) in [6.07, 6.45) is -2.79. The zero-order chi connectivity index (χ0) is 16.1. The van der Waals surface area contributed by atoms with Crippen LogP contribution in [0.5, 0.6) is 0 Å². The van der Waals surface area contributed by atoms with Crippen LogP contribution in [0.15, 0.2) is 48.5 Å². The van der Waals surface area contributed by atoms with Crippen LogP contribution in [-0.4, -0.2) is 24.1 Å². The Balaban J connectivity index is 2.35. The lowest BCUT2D eigenvalue weighted by molar-refractivity contribution is 0.145. The van der Waals surface area contributed by atoms with Gasteiger partial charge in [0.1, 0.15) is 0 Å². The van der Waals surface area contributed by atoms with Gasteiger partial charge < -0.3 is 9.64 Å². The summed E-state index contributed by atoms with van der Waals surface area (Å²) in [7, 11) is 0. The van der Waals surface area contributed by atoms with Crippen LogP contribution in [0, 0.1) is 0 Å². The number of ether oxygens (including phenoxy) is 1. The van der Waals surface area contributed by atoms with Crippen LogP contribution in [0.25, 0.3) is 16.5 Å². The third-order valence-corrected chi connectivity index (χ3v) is 3.39. The van der Waals surface area contributed by atoms with Gasteiger partial charge in [0.15, 0.2) is 0 Å². The molecule has 0 unspecified atom stereocenters. The van der Waals surface area contributed by atoms with Crippen molar-refractivity contribution < 1.29 is 18.3 Å². The van der Waals surface area contributed by atoms with Gasteiger partial charge in [0, 0.05) is 18.7 Å². The molecule has 0 aromatic heterocycles. The van der Waals surface area contributed by atoms with Crippen molar-refractivity contribution in [2.24, 2.45) is 0 Å². The number of hydrogen-bond donors (Lipinski definition) is 0. The standard InChI is InChI=1S/C17H17F2NO2/c1-3-20(4-2)17(21)22-15(16(18)19)14-10-9-12-7-5-6-8-13(12)11-14/h5-11H,3-4H2,1-2H3. The summed E-state index contributed by atoms with van der Waals surface area (Å²) in [6, 6.07) is 12.2. The van der Waals surface area contributed by atoms with Crippen LogP contribution >= 0.6 is 0 Å². The number of halogens is 2. The van der Waals surface area contributed by atoms with Gasteiger partial charge in [0.25, 0.3) is 0 Å². The van der Waals surface area contributed by atoms with Crippen LogP contribution in [0.4, 0.5) is 13.6 Å². The smallest absolute Gasteiger partial charge is 0.404 e. The second-order valence-corrected chi connectivity index (χ2v) is 4.69. The summed E-state index contributed by atoms with van der Waals surface area (Å²) >= 11 is 0. The highest BCUT2D eigenvalue weighted by Crippen LogP contribution is 2.26. The SMILES string of the molecule is CCN(CC)C(=O)OC(=C(F)F)c1ccc2ccccc2c1. The average Bonchev–Trinajstić information content (AvgIpc) is 2.53. The van der Waals surface area contributed by atoms with E-state index in [1.54, 1.807) is 26.0 Å². The number of hydrogen-bond acceptors (Lipinski definition) is 2. The summed E-state index contributed by atoms with van der Waals surface area (Å²) in [4.78, 5) is 13.2. The minimum atomic E-state index is -2.02. The predicted molar refractivity (Wildman–Crippen MR) is 82.5 cm³/mol. The van der Waals surface area contributed by atoms with Crippen molar-refractivity contribution in [1.82, 2.24) is 4.90 Å². The van der Waals surface area contributed by atoms with E-state index in [0.717, 1.165) is 10.8 Å². The minimum absolute atomic E-state index is 0.180. The van der Waals surface area contributed by atoms with Gasteiger partial charge in [-0.25, -0.2) is 4.79 Å². The number of nitrogens with zero attached hydrogens (tertiary/aromatic N) is 1. The monoisotopic (exact) mass is 305 g/mol. The molecule has 1 amide bonds. The van der Waals surface area contributed by atoms with E-state index in [2.05, 4.69) is 0 Å². The van der Waals surface area contributed by atoms with Gasteiger partial charge in [0.05, 0.1) is 0 Å². The van der Waals surface area contributed by atoms with E-state index in [4.69, 9.17) is 4.74 Å². The number of amides is 1. The molecule has 0 radical (unpaired) electrons. The second-order valence-electron chi connectivity index (χ2n) is 4.69. The molecular weight excluding hydrogens is 288 g/mol. The fourth-order valence-corrected chi connectivity index (χ4v) is 2.17. The Morgan fingerprint density at radius 2 is 1.68 bits per heavy atom. The molecule has 0 bridgehead atoms. The molecule has 0 heterocycles. The van der Waals surface area contributed by atoms with Gasteiger partial charge >= 0.3 is 12.2 Å². The fraction of sp³-hybridized carbons (Fsp3) is 0.235. The van der Waals surface area contributed by atoms with Crippen molar-refractivity contribution in [3.05, 3.63) is 54.1 Å². The molecule has 0 saturated heterocycles. The average molecular weight is 305 g/mol. The van der Waals surface area contributed by atoms with Gasteiger partial charge in [-0.2, -0.15) is 8.78 Å². The lowest BCUT2D eigenvalue weighted by atomic mass is 10.1. The first-order valence-electron chi connectivity index (χ1n) is 7.08. The Labute approximate surface area is 127 Å². The maximum absolute atomic E-state index is 13.2. The third kappa shape index (κ3) is 3.42. The van der Waals surface area contributed by atoms with Crippen molar-refractivity contribution in [3.63, 3.8) is 0 Å². The van der Waals surface area contributed by atoms with Gasteiger partial charge in [0.2, 0.25) is 5.76 Å². The van der Waals surface area contributed by atoms with Crippen LogP contribution in [-0.2, 0) is 4.74 Å². The van der Waals surface area contributed by atoms with Gasteiger partial charge in [-0.1, -0.05) is 36.4 Å². The molecular formula is C17H17F2NO2. The maximum Gasteiger partial charge on any atom is 0.415 e. The number of fused-ring (bicyclic) bond motifs is 1. The first kappa shape index (κ1) is 15.9. The normalized spacial score (nSPS) is 10.4. The highest BCUT2D eigenvalue weighted by Gasteiger charge is 2.19. The van der Waals surface area contributed by atoms with Crippen LogP contribution in [0.1, 0.15) is 19.4 Å². The molecule has 2 aromatic rings. The topological polar surface area (TPSA) is 29.5 Å². The van der Waals surface area contributed by atoms with E-state index in [9.17, 15) is 13.6 Å². The summed E-state index contributed by atoms with van der Waals surface area (Å²) in [6.45, 7) is 4.31. The van der Waals surface area contributed by atoms with Gasteiger partial charge in [-0.05, 0) is 30.7 Å². The van der Waals surface area contributed by atoms with Gasteiger partial charge in [-0.15, -0.1) is 0 Å². The Kier molecular flexibility index (Phi) is 5.09. The maximum atomic E-state index is 13.2. The molecule has 0 aliphatic rings. The van der Waals surface area contributed by atoms with Crippen LogP contribution in [0.2, 0.25) is 0 Å². The lowest BCUT2D eigenvalue weighted by Gasteiger charge is -2.19. The van der Waals surface area contributed by atoms with E-state index >= 15 is 0 Å². The van der Waals surface area contributed by atoms with Crippen molar-refractivity contribution in [1.29, 1.82) is 0 Å². The van der Waals surface area contributed by atoms with Crippen molar-refractivity contribution in [3.8, 4) is 0 Å². The molecule has 0 aliphatic heterocycles. The molecule has 0 spiro atoms. The summed E-state index contributed by atoms with van der Waals surface area (Å²) in [5, 5.41) is 1.73. The Morgan fingerprint density at radius 1 is 1.05 bits per heavy atom. The van der Waals surface area contributed by atoms with Crippen LogP contribution in [0.3, 0.4) is 0 Å². The number of carbonyl (C=O) groups excluding carboxylic acids is 1. The van der Waals surface area contributed by atoms with Crippen molar-refractivity contribution in [2.75, 3.05) is 13.1 Å². The molecule has 0 atom stereocenters. The van der Waals surface area contributed by atoms with E-state index in [0.29, 0.717) is 13.1 Å². The Morgan fingerprint density at radius 3 is 2.27 bits per heavy atom. The molecule has 2 rings (SSSR count). The highest BCUT2D eigenvalue weighted by molar-refractivity contribution is 5.87. The molecule has 0 saturated carbocycles. The molecule has 116 valence electrons. The van der Waals surface area contributed by atoms with E-state index in [1.165, 1.54) is 11.0 Å². The molecule has 2 aromatic carbocycles. The fourth-order valence-electron chi connectivity index (χ4n) is 2.17. The lowest BCUT2D eigenvalue weighted by Crippen LogP contribution is -2.30.